The standard InChI is InChI=1S/C12H18F3N3S/c1-4-19-7-9(3)16-6-11-17-8(2)5-10(18-11)12(13,14)15/h5,9,16H,4,6-7H2,1-3H3. The number of hydrogen-bond acceptors (Lipinski definition) is 4. The van der Waals surface area contributed by atoms with Crippen molar-refractivity contribution in [2.75, 3.05) is 11.5 Å². The monoisotopic (exact) mass is 293 g/mol. The molecular weight excluding hydrogens is 275 g/mol. The minimum atomic E-state index is -4.42. The van der Waals surface area contributed by atoms with Crippen molar-refractivity contribution in [3.05, 3.63) is 23.3 Å². The number of nitrogens with one attached hydrogen (secondary N) is 1. The first-order valence-electron chi connectivity index (χ1n) is 6.05. The Morgan fingerprint density at radius 1 is 1.37 bits per heavy atom. The van der Waals surface area contributed by atoms with E-state index in [1.807, 2.05) is 6.92 Å². The van der Waals surface area contributed by atoms with Crippen LogP contribution in [0.15, 0.2) is 6.07 Å². The summed E-state index contributed by atoms with van der Waals surface area (Å²) in [6.07, 6.45) is -4.42. The van der Waals surface area contributed by atoms with E-state index in [0.717, 1.165) is 17.6 Å². The number of thioether (sulfide) groups is 1. The summed E-state index contributed by atoms with van der Waals surface area (Å²) in [5, 5.41) is 3.13. The van der Waals surface area contributed by atoms with Gasteiger partial charge in [-0.05, 0) is 25.7 Å². The Morgan fingerprint density at radius 2 is 2.05 bits per heavy atom. The lowest BCUT2D eigenvalue weighted by atomic mass is 10.3. The molecule has 7 heteroatoms. The molecule has 19 heavy (non-hydrogen) atoms. The maximum Gasteiger partial charge on any atom is 0.433 e. The van der Waals surface area contributed by atoms with Gasteiger partial charge >= 0.3 is 6.18 Å². The van der Waals surface area contributed by atoms with Crippen molar-refractivity contribution in [3.63, 3.8) is 0 Å². The molecule has 1 unspecified atom stereocenters. The molecule has 1 heterocycles. The van der Waals surface area contributed by atoms with Crippen molar-refractivity contribution < 1.29 is 13.2 Å². The first-order chi connectivity index (χ1) is 8.82. The van der Waals surface area contributed by atoms with Crippen molar-refractivity contribution in [1.29, 1.82) is 0 Å². The fourth-order valence-electron chi connectivity index (χ4n) is 1.47. The van der Waals surface area contributed by atoms with Gasteiger partial charge in [0.25, 0.3) is 0 Å². The van der Waals surface area contributed by atoms with Gasteiger partial charge in [0.15, 0.2) is 0 Å². The molecule has 0 spiro atoms. The van der Waals surface area contributed by atoms with Gasteiger partial charge in [0.05, 0.1) is 6.54 Å². The highest BCUT2D eigenvalue weighted by Crippen LogP contribution is 2.27. The van der Waals surface area contributed by atoms with Gasteiger partial charge in [-0.3, -0.25) is 0 Å². The van der Waals surface area contributed by atoms with E-state index in [-0.39, 0.29) is 18.4 Å². The maximum atomic E-state index is 12.6. The highest BCUT2D eigenvalue weighted by atomic mass is 32.2. The molecule has 0 amide bonds. The lowest BCUT2D eigenvalue weighted by molar-refractivity contribution is -0.141. The number of aromatic nitrogens is 2. The molecule has 3 nitrogen and oxygen atoms in total. The first kappa shape index (κ1) is 16.2. The zero-order valence-electron chi connectivity index (χ0n) is 11.2. The third-order valence-electron chi connectivity index (χ3n) is 2.37. The number of rotatable bonds is 6. The van der Waals surface area contributed by atoms with Crippen LogP contribution in [0.2, 0.25) is 0 Å². The van der Waals surface area contributed by atoms with Gasteiger partial charge in [0.1, 0.15) is 11.5 Å². The highest BCUT2D eigenvalue weighted by molar-refractivity contribution is 7.99. The number of hydrogen-bond donors (Lipinski definition) is 1. The number of alkyl halides is 3. The van der Waals surface area contributed by atoms with Gasteiger partial charge in [-0.2, -0.15) is 24.9 Å². The molecule has 108 valence electrons. The lowest BCUT2D eigenvalue weighted by Crippen LogP contribution is -2.29. The molecule has 0 saturated heterocycles. The molecule has 0 aliphatic heterocycles. The topological polar surface area (TPSA) is 37.8 Å². The molecule has 0 bridgehead atoms. The highest BCUT2D eigenvalue weighted by Gasteiger charge is 2.33. The van der Waals surface area contributed by atoms with Gasteiger partial charge in [-0.15, -0.1) is 0 Å². The third-order valence-corrected chi connectivity index (χ3v) is 3.52. The lowest BCUT2D eigenvalue weighted by Gasteiger charge is -2.13. The normalized spacial score (nSPS) is 13.6. The summed E-state index contributed by atoms with van der Waals surface area (Å²) in [6, 6.07) is 1.17. The minimum Gasteiger partial charge on any atom is -0.306 e. The Kier molecular flexibility index (Phi) is 6.06. The zero-order chi connectivity index (χ0) is 14.5. The van der Waals surface area contributed by atoms with Crippen LogP contribution < -0.4 is 5.32 Å². The zero-order valence-corrected chi connectivity index (χ0v) is 12.0. The molecule has 0 radical (unpaired) electrons. The van der Waals surface area contributed by atoms with Gasteiger partial charge in [0, 0.05) is 17.5 Å². The smallest absolute Gasteiger partial charge is 0.306 e. The van der Waals surface area contributed by atoms with Crippen molar-refractivity contribution >= 4 is 11.8 Å². The Bertz CT molecular complexity index is 410. The fourth-order valence-corrected chi connectivity index (χ4v) is 2.18. The van der Waals surface area contributed by atoms with E-state index < -0.39 is 11.9 Å². The summed E-state index contributed by atoms with van der Waals surface area (Å²) >= 11 is 1.78. The average Bonchev–Trinajstić information content (AvgIpc) is 2.32. The molecular formula is C12H18F3N3S. The van der Waals surface area contributed by atoms with Crippen molar-refractivity contribution in [3.8, 4) is 0 Å². The Balaban J connectivity index is 2.66. The van der Waals surface area contributed by atoms with Crippen molar-refractivity contribution in [1.82, 2.24) is 15.3 Å². The second-order valence-electron chi connectivity index (χ2n) is 4.25. The summed E-state index contributed by atoms with van der Waals surface area (Å²) in [4.78, 5) is 7.57. The van der Waals surface area contributed by atoms with E-state index >= 15 is 0 Å². The summed E-state index contributed by atoms with van der Waals surface area (Å²) < 4.78 is 37.8. The van der Waals surface area contributed by atoms with Gasteiger partial charge in [-0.25, -0.2) is 9.97 Å². The third kappa shape index (κ3) is 5.78. The van der Waals surface area contributed by atoms with Crippen molar-refractivity contribution in [2.24, 2.45) is 0 Å². The van der Waals surface area contributed by atoms with Crippen LogP contribution in [0.3, 0.4) is 0 Å². The average molecular weight is 293 g/mol. The number of halogens is 3. The molecule has 1 aromatic heterocycles. The second kappa shape index (κ2) is 7.09. The summed E-state index contributed by atoms with van der Waals surface area (Å²) in [7, 11) is 0. The van der Waals surface area contributed by atoms with E-state index in [4.69, 9.17) is 0 Å². The van der Waals surface area contributed by atoms with Crippen LogP contribution in [-0.4, -0.2) is 27.5 Å². The van der Waals surface area contributed by atoms with Crippen LogP contribution in [0.5, 0.6) is 0 Å². The molecule has 0 fully saturated rings. The van der Waals surface area contributed by atoms with Crippen LogP contribution >= 0.6 is 11.8 Å². The molecule has 1 rings (SSSR count). The maximum absolute atomic E-state index is 12.6. The van der Waals surface area contributed by atoms with E-state index in [1.165, 1.54) is 6.92 Å². The fraction of sp³-hybridized carbons (Fsp3) is 0.667. The summed E-state index contributed by atoms with van der Waals surface area (Å²) in [5.41, 5.74) is -0.554. The molecule has 0 aliphatic carbocycles. The summed E-state index contributed by atoms with van der Waals surface area (Å²) in [6.45, 7) is 5.84. The van der Waals surface area contributed by atoms with Gasteiger partial charge in [-0.1, -0.05) is 6.92 Å². The van der Waals surface area contributed by atoms with E-state index in [9.17, 15) is 13.2 Å². The van der Waals surface area contributed by atoms with E-state index in [1.54, 1.807) is 11.8 Å². The quantitative estimate of drug-likeness (QED) is 0.875. The largest absolute Gasteiger partial charge is 0.433 e. The number of aryl methyl sites for hydroxylation is 1. The first-order valence-corrected chi connectivity index (χ1v) is 7.21. The predicted molar refractivity (Wildman–Crippen MR) is 71.1 cm³/mol. The van der Waals surface area contributed by atoms with Crippen LogP contribution in [0.4, 0.5) is 13.2 Å². The molecule has 0 saturated carbocycles. The van der Waals surface area contributed by atoms with Crippen LogP contribution in [0.1, 0.15) is 31.1 Å². The second-order valence-corrected chi connectivity index (χ2v) is 5.57. The molecule has 1 N–H and O–H groups in total. The molecule has 1 atom stereocenters. The SMILES string of the molecule is CCSCC(C)NCc1nc(C)cc(C(F)(F)F)n1. The predicted octanol–water partition coefficient (Wildman–Crippen LogP) is 3.04. The van der Waals surface area contributed by atoms with Crippen molar-refractivity contribution in [2.45, 2.75) is 39.5 Å². The van der Waals surface area contributed by atoms with Crippen LogP contribution in [0, 0.1) is 6.92 Å². The Labute approximate surface area is 115 Å². The van der Waals surface area contributed by atoms with Gasteiger partial charge in [0.2, 0.25) is 0 Å². The molecule has 0 aromatic carbocycles. The molecule has 0 aliphatic rings. The van der Waals surface area contributed by atoms with Crippen LogP contribution in [-0.2, 0) is 12.7 Å². The van der Waals surface area contributed by atoms with Gasteiger partial charge < -0.3 is 5.32 Å². The molecule has 1 aromatic rings. The van der Waals surface area contributed by atoms with Crippen LogP contribution in [0.25, 0.3) is 0 Å². The Hall–Kier alpha value is -0.820. The summed E-state index contributed by atoms with van der Waals surface area (Å²) in [5.74, 6) is 2.11. The van der Waals surface area contributed by atoms with E-state index in [2.05, 4.69) is 22.2 Å². The number of nitrogens with zero attached hydrogens (tertiary/aromatic N) is 2. The minimum absolute atomic E-state index is 0.181. The Morgan fingerprint density at radius 3 is 2.63 bits per heavy atom. The van der Waals surface area contributed by atoms with E-state index in [0.29, 0.717) is 5.69 Å².